The van der Waals surface area contributed by atoms with E-state index in [2.05, 4.69) is 28.9 Å². The minimum Gasteiger partial charge on any atom is -0.294 e. The molecule has 0 aliphatic carbocycles. The van der Waals surface area contributed by atoms with Gasteiger partial charge in [0, 0.05) is 5.75 Å². The third-order valence-electron chi connectivity index (χ3n) is 3.16. The summed E-state index contributed by atoms with van der Waals surface area (Å²) in [6, 6.07) is 0. The van der Waals surface area contributed by atoms with Crippen LogP contribution in [-0.4, -0.2) is 31.1 Å². The first-order chi connectivity index (χ1) is 9.40. The zero-order valence-electron chi connectivity index (χ0n) is 12.6. The number of aryl methyl sites for hydroxylation is 2. The van der Waals surface area contributed by atoms with Gasteiger partial charge < -0.3 is 0 Å². The molecule has 0 bridgehead atoms. The lowest BCUT2D eigenvalue weighted by molar-refractivity contribution is 0.101. The molecule has 6 heteroatoms. The molecule has 0 spiro atoms. The SMILES string of the molecule is CC(=O)c1c(C)nc2nc(SCCC(C)C)nn2c1C. The first kappa shape index (κ1) is 15.0. The van der Waals surface area contributed by atoms with Crippen LogP contribution in [0.15, 0.2) is 5.16 Å². The maximum atomic E-state index is 11.7. The van der Waals surface area contributed by atoms with E-state index in [0.717, 1.165) is 23.0 Å². The van der Waals surface area contributed by atoms with Crippen molar-refractivity contribution in [1.29, 1.82) is 0 Å². The standard InChI is InChI=1S/C14H20N4OS/c1-8(2)6-7-20-14-16-13-15-9(3)12(11(5)19)10(4)18(13)17-14/h8H,6-7H2,1-5H3. The average Bonchev–Trinajstić information content (AvgIpc) is 2.71. The molecule has 0 aliphatic heterocycles. The van der Waals surface area contributed by atoms with Gasteiger partial charge in [-0.2, -0.15) is 9.50 Å². The highest BCUT2D eigenvalue weighted by Gasteiger charge is 2.16. The molecular formula is C14H20N4OS. The number of rotatable bonds is 5. The van der Waals surface area contributed by atoms with Crippen LogP contribution < -0.4 is 0 Å². The smallest absolute Gasteiger partial charge is 0.253 e. The predicted octanol–water partition coefficient (Wildman–Crippen LogP) is 3.08. The Morgan fingerprint density at radius 2 is 2.00 bits per heavy atom. The molecule has 2 heterocycles. The Kier molecular flexibility index (Phi) is 4.42. The first-order valence-electron chi connectivity index (χ1n) is 6.78. The fourth-order valence-corrected chi connectivity index (χ4v) is 3.17. The van der Waals surface area contributed by atoms with E-state index in [-0.39, 0.29) is 5.78 Å². The molecule has 0 atom stereocenters. The number of thioether (sulfide) groups is 1. The van der Waals surface area contributed by atoms with Gasteiger partial charge in [0.15, 0.2) is 5.78 Å². The summed E-state index contributed by atoms with van der Waals surface area (Å²) in [5.74, 6) is 2.24. The summed E-state index contributed by atoms with van der Waals surface area (Å²) >= 11 is 1.64. The van der Waals surface area contributed by atoms with E-state index in [1.54, 1.807) is 23.2 Å². The average molecular weight is 292 g/mol. The zero-order chi connectivity index (χ0) is 14.9. The van der Waals surface area contributed by atoms with E-state index in [1.165, 1.54) is 0 Å². The minimum absolute atomic E-state index is 0.0129. The van der Waals surface area contributed by atoms with Crippen molar-refractivity contribution in [3.63, 3.8) is 0 Å². The third kappa shape index (κ3) is 3.00. The van der Waals surface area contributed by atoms with E-state index in [9.17, 15) is 4.79 Å². The molecular weight excluding hydrogens is 272 g/mol. The summed E-state index contributed by atoms with van der Waals surface area (Å²) in [5, 5.41) is 5.17. The van der Waals surface area contributed by atoms with Crippen LogP contribution in [0.4, 0.5) is 0 Å². The number of carbonyl (C=O) groups is 1. The number of fused-ring (bicyclic) bond motifs is 1. The van der Waals surface area contributed by atoms with E-state index in [0.29, 0.717) is 23.0 Å². The minimum atomic E-state index is 0.0129. The van der Waals surface area contributed by atoms with Crippen LogP contribution in [-0.2, 0) is 0 Å². The maximum absolute atomic E-state index is 11.7. The number of hydrogen-bond donors (Lipinski definition) is 0. The third-order valence-corrected chi connectivity index (χ3v) is 4.03. The lowest BCUT2D eigenvalue weighted by Gasteiger charge is -2.06. The Morgan fingerprint density at radius 3 is 2.60 bits per heavy atom. The second kappa shape index (κ2) is 5.91. The summed E-state index contributed by atoms with van der Waals surface area (Å²) in [6.07, 6.45) is 1.13. The molecule has 0 amide bonds. The quantitative estimate of drug-likeness (QED) is 0.626. The number of nitrogens with zero attached hydrogens (tertiary/aromatic N) is 4. The summed E-state index contributed by atoms with van der Waals surface area (Å²) < 4.78 is 1.67. The molecule has 2 aromatic rings. The van der Waals surface area contributed by atoms with Crippen molar-refractivity contribution in [3.8, 4) is 0 Å². The molecule has 0 aliphatic rings. The molecule has 0 N–H and O–H groups in total. The van der Waals surface area contributed by atoms with Crippen molar-refractivity contribution < 1.29 is 4.79 Å². The van der Waals surface area contributed by atoms with Gasteiger partial charge in [0.05, 0.1) is 17.0 Å². The Labute approximate surface area is 123 Å². The number of aromatic nitrogens is 4. The number of Topliss-reactive ketones (excluding diaryl/α,β-unsaturated/α-hetero) is 1. The Morgan fingerprint density at radius 1 is 1.30 bits per heavy atom. The monoisotopic (exact) mass is 292 g/mol. The molecule has 20 heavy (non-hydrogen) atoms. The van der Waals surface area contributed by atoms with Crippen LogP contribution in [0.25, 0.3) is 5.78 Å². The Hall–Kier alpha value is -1.43. The van der Waals surface area contributed by atoms with Crippen LogP contribution in [0.5, 0.6) is 0 Å². The van der Waals surface area contributed by atoms with Gasteiger partial charge in [0.1, 0.15) is 0 Å². The van der Waals surface area contributed by atoms with Crippen molar-refractivity contribution >= 4 is 23.3 Å². The van der Waals surface area contributed by atoms with Crippen molar-refractivity contribution in [2.45, 2.75) is 46.2 Å². The topological polar surface area (TPSA) is 60.2 Å². The molecule has 0 radical (unpaired) electrons. The Balaban J connectivity index is 2.34. The number of carbonyl (C=O) groups excluding carboxylic acids is 1. The molecule has 0 saturated heterocycles. The van der Waals surface area contributed by atoms with Crippen molar-refractivity contribution in [3.05, 3.63) is 17.0 Å². The molecule has 2 aromatic heterocycles. The van der Waals surface area contributed by atoms with Gasteiger partial charge in [0.2, 0.25) is 5.16 Å². The van der Waals surface area contributed by atoms with Gasteiger partial charge in [-0.25, -0.2) is 4.98 Å². The lowest BCUT2D eigenvalue weighted by Crippen LogP contribution is -2.09. The van der Waals surface area contributed by atoms with Crippen LogP contribution in [0.2, 0.25) is 0 Å². The van der Waals surface area contributed by atoms with Crippen LogP contribution in [0, 0.1) is 19.8 Å². The van der Waals surface area contributed by atoms with E-state index < -0.39 is 0 Å². The predicted molar refractivity (Wildman–Crippen MR) is 80.4 cm³/mol. The molecule has 108 valence electrons. The zero-order valence-corrected chi connectivity index (χ0v) is 13.4. The Bertz CT molecular complexity index is 648. The fraction of sp³-hybridized carbons (Fsp3) is 0.571. The van der Waals surface area contributed by atoms with Crippen LogP contribution in [0.1, 0.15) is 48.9 Å². The van der Waals surface area contributed by atoms with Crippen molar-refractivity contribution in [1.82, 2.24) is 19.6 Å². The van der Waals surface area contributed by atoms with Gasteiger partial charge in [-0.05, 0) is 33.1 Å². The second-order valence-corrected chi connectivity index (χ2v) is 6.41. The largest absolute Gasteiger partial charge is 0.294 e. The highest BCUT2D eigenvalue weighted by Crippen LogP contribution is 2.20. The lowest BCUT2D eigenvalue weighted by atomic mass is 10.1. The first-order valence-corrected chi connectivity index (χ1v) is 7.76. The van der Waals surface area contributed by atoms with E-state index in [1.807, 2.05) is 13.8 Å². The van der Waals surface area contributed by atoms with Gasteiger partial charge in [-0.3, -0.25) is 4.79 Å². The summed E-state index contributed by atoms with van der Waals surface area (Å²) in [7, 11) is 0. The van der Waals surface area contributed by atoms with Crippen molar-refractivity contribution in [2.75, 3.05) is 5.75 Å². The fourth-order valence-electron chi connectivity index (χ4n) is 2.11. The second-order valence-electron chi connectivity index (χ2n) is 5.35. The molecule has 0 aromatic carbocycles. The van der Waals surface area contributed by atoms with Gasteiger partial charge >= 0.3 is 0 Å². The summed E-state index contributed by atoms with van der Waals surface area (Å²) in [5.41, 5.74) is 2.16. The summed E-state index contributed by atoms with van der Waals surface area (Å²) in [6.45, 7) is 9.68. The van der Waals surface area contributed by atoms with Gasteiger partial charge in [-0.15, -0.1) is 5.10 Å². The number of ketones is 1. The van der Waals surface area contributed by atoms with Crippen LogP contribution >= 0.6 is 11.8 Å². The van der Waals surface area contributed by atoms with Crippen molar-refractivity contribution in [2.24, 2.45) is 5.92 Å². The van der Waals surface area contributed by atoms with Gasteiger partial charge in [-0.1, -0.05) is 25.6 Å². The van der Waals surface area contributed by atoms with E-state index in [4.69, 9.17) is 0 Å². The molecule has 0 unspecified atom stereocenters. The highest BCUT2D eigenvalue weighted by molar-refractivity contribution is 7.99. The molecule has 0 saturated carbocycles. The van der Waals surface area contributed by atoms with Crippen LogP contribution in [0.3, 0.4) is 0 Å². The normalized spacial score (nSPS) is 11.5. The number of hydrogen-bond acceptors (Lipinski definition) is 5. The molecule has 0 fully saturated rings. The maximum Gasteiger partial charge on any atom is 0.253 e. The highest BCUT2D eigenvalue weighted by atomic mass is 32.2. The molecule has 5 nitrogen and oxygen atoms in total. The summed E-state index contributed by atoms with van der Waals surface area (Å²) in [4.78, 5) is 20.5. The van der Waals surface area contributed by atoms with Gasteiger partial charge in [0.25, 0.3) is 5.78 Å². The van der Waals surface area contributed by atoms with E-state index >= 15 is 0 Å². The molecule has 2 rings (SSSR count).